The number of carbonyl (C=O) groups excluding carboxylic acids is 1. The lowest BCUT2D eigenvalue weighted by atomic mass is 9.96. The standard InChI is InChI=1S/C17H19F4NO2/c1-16(2,3)24-15(23)22-10-12(17(19,20)21)6-9-14(22)11-4-7-13(18)8-5-11/h4-8,14H,9-10H2,1-3H3. The number of hydrogen-bond donors (Lipinski definition) is 0. The van der Waals surface area contributed by atoms with Crippen molar-refractivity contribution in [1.29, 1.82) is 0 Å². The summed E-state index contributed by atoms with van der Waals surface area (Å²) in [5.41, 5.74) is -1.06. The maximum Gasteiger partial charge on any atom is 0.414 e. The molecule has 0 spiro atoms. The SMILES string of the molecule is CC(C)(C)OC(=O)N1CC(C(F)(F)F)=CCC1c1ccc(F)cc1. The Bertz CT molecular complexity index is 629. The molecule has 1 aliphatic heterocycles. The lowest BCUT2D eigenvalue weighted by Gasteiger charge is -2.37. The summed E-state index contributed by atoms with van der Waals surface area (Å²) in [7, 11) is 0. The molecule has 1 unspecified atom stereocenters. The molecule has 1 amide bonds. The second-order valence-corrected chi connectivity index (χ2v) is 6.64. The third-order valence-corrected chi connectivity index (χ3v) is 3.55. The summed E-state index contributed by atoms with van der Waals surface area (Å²) < 4.78 is 57.3. The average molecular weight is 345 g/mol. The maximum absolute atomic E-state index is 13.1. The van der Waals surface area contributed by atoms with Gasteiger partial charge in [0.05, 0.1) is 12.6 Å². The molecule has 1 aliphatic rings. The summed E-state index contributed by atoms with van der Waals surface area (Å²) in [6.45, 7) is 4.33. The molecular weight excluding hydrogens is 326 g/mol. The molecule has 1 aromatic carbocycles. The number of ether oxygens (including phenoxy) is 1. The number of rotatable bonds is 1. The summed E-state index contributed by atoms with van der Waals surface area (Å²) in [4.78, 5) is 13.4. The molecule has 3 nitrogen and oxygen atoms in total. The van der Waals surface area contributed by atoms with Gasteiger partial charge in [-0.05, 0) is 44.9 Å². The molecule has 1 heterocycles. The van der Waals surface area contributed by atoms with Gasteiger partial charge in [-0.2, -0.15) is 13.2 Å². The summed E-state index contributed by atoms with van der Waals surface area (Å²) in [5, 5.41) is 0. The van der Waals surface area contributed by atoms with Crippen molar-refractivity contribution in [3.8, 4) is 0 Å². The van der Waals surface area contributed by atoms with Gasteiger partial charge in [-0.3, -0.25) is 4.90 Å². The molecule has 0 aromatic heterocycles. The molecule has 2 rings (SSSR count). The summed E-state index contributed by atoms with van der Waals surface area (Å²) >= 11 is 0. The Balaban J connectivity index is 2.34. The Hall–Kier alpha value is -2.05. The van der Waals surface area contributed by atoms with Crippen LogP contribution in [0.4, 0.5) is 22.4 Å². The van der Waals surface area contributed by atoms with E-state index in [1.807, 2.05) is 0 Å². The molecule has 1 atom stereocenters. The third kappa shape index (κ3) is 4.49. The molecular formula is C17H19F4NO2. The minimum absolute atomic E-state index is 0.0142. The zero-order valence-electron chi connectivity index (χ0n) is 13.7. The molecule has 7 heteroatoms. The van der Waals surface area contributed by atoms with E-state index < -0.39 is 41.8 Å². The van der Waals surface area contributed by atoms with E-state index >= 15 is 0 Å². The quantitative estimate of drug-likeness (QED) is 0.530. The second kappa shape index (κ2) is 6.45. The highest BCUT2D eigenvalue weighted by Gasteiger charge is 2.41. The van der Waals surface area contributed by atoms with Crippen molar-refractivity contribution < 1.29 is 27.1 Å². The molecule has 0 fully saturated rings. The molecule has 0 N–H and O–H groups in total. The number of carbonyl (C=O) groups is 1. The molecule has 0 bridgehead atoms. The Kier molecular flexibility index (Phi) is 4.92. The van der Waals surface area contributed by atoms with Gasteiger partial charge in [0.2, 0.25) is 0 Å². The van der Waals surface area contributed by atoms with Crippen LogP contribution in [0.3, 0.4) is 0 Å². The maximum atomic E-state index is 13.1. The van der Waals surface area contributed by atoms with Crippen LogP contribution in [0.2, 0.25) is 0 Å². The Morgan fingerprint density at radius 2 is 1.75 bits per heavy atom. The minimum Gasteiger partial charge on any atom is -0.444 e. The first-order valence-corrected chi connectivity index (χ1v) is 7.49. The highest BCUT2D eigenvalue weighted by Crippen LogP contribution is 2.37. The van der Waals surface area contributed by atoms with Gasteiger partial charge in [0.1, 0.15) is 11.4 Å². The van der Waals surface area contributed by atoms with Gasteiger partial charge in [0.15, 0.2) is 0 Å². The van der Waals surface area contributed by atoms with Crippen molar-refractivity contribution in [3.63, 3.8) is 0 Å². The number of nitrogens with zero attached hydrogens (tertiary/aromatic N) is 1. The van der Waals surface area contributed by atoms with E-state index in [1.165, 1.54) is 24.3 Å². The smallest absolute Gasteiger partial charge is 0.414 e. The number of amides is 1. The Morgan fingerprint density at radius 1 is 1.17 bits per heavy atom. The van der Waals surface area contributed by atoms with Gasteiger partial charge >= 0.3 is 12.3 Å². The molecule has 0 saturated carbocycles. The van der Waals surface area contributed by atoms with Crippen LogP contribution in [0.25, 0.3) is 0 Å². The third-order valence-electron chi connectivity index (χ3n) is 3.55. The summed E-state index contributed by atoms with van der Waals surface area (Å²) in [6, 6.07) is 4.72. The van der Waals surface area contributed by atoms with E-state index in [9.17, 15) is 22.4 Å². The van der Waals surface area contributed by atoms with Crippen LogP contribution in [-0.4, -0.2) is 29.3 Å². The number of alkyl halides is 3. The van der Waals surface area contributed by atoms with Crippen molar-refractivity contribution >= 4 is 6.09 Å². The molecule has 132 valence electrons. The van der Waals surface area contributed by atoms with E-state index in [2.05, 4.69) is 0 Å². The van der Waals surface area contributed by atoms with Crippen molar-refractivity contribution in [1.82, 2.24) is 4.90 Å². The second-order valence-electron chi connectivity index (χ2n) is 6.64. The molecule has 0 aliphatic carbocycles. The minimum atomic E-state index is -4.51. The monoisotopic (exact) mass is 345 g/mol. The van der Waals surface area contributed by atoms with Crippen LogP contribution >= 0.6 is 0 Å². The van der Waals surface area contributed by atoms with Crippen LogP contribution in [-0.2, 0) is 4.74 Å². The number of hydrogen-bond acceptors (Lipinski definition) is 2. The Morgan fingerprint density at radius 3 is 2.25 bits per heavy atom. The normalized spacial score (nSPS) is 19.0. The molecule has 24 heavy (non-hydrogen) atoms. The van der Waals surface area contributed by atoms with Crippen molar-refractivity contribution in [3.05, 3.63) is 47.3 Å². The summed E-state index contributed by atoms with van der Waals surface area (Å²) in [5.74, 6) is -0.454. The van der Waals surface area contributed by atoms with E-state index in [4.69, 9.17) is 4.74 Å². The highest BCUT2D eigenvalue weighted by atomic mass is 19.4. The van der Waals surface area contributed by atoms with Crippen LogP contribution in [0.1, 0.15) is 38.8 Å². The lowest BCUT2D eigenvalue weighted by molar-refractivity contribution is -0.0984. The fourth-order valence-electron chi connectivity index (χ4n) is 2.46. The topological polar surface area (TPSA) is 29.5 Å². The van der Waals surface area contributed by atoms with Crippen LogP contribution in [0, 0.1) is 5.82 Å². The van der Waals surface area contributed by atoms with E-state index in [0.29, 0.717) is 5.56 Å². The number of halogens is 4. The van der Waals surface area contributed by atoms with Gasteiger partial charge < -0.3 is 4.74 Å². The average Bonchev–Trinajstić information content (AvgIpc) is 2.45. The van der Waals surface area contributed by atoms with Crippen LogP contribution < -0.4 is 0 Å². The van der Waals surface area contributed by atoms with E-state index in [-0.39, 0.29) is 6.42 Å². The van der Waals surface area contributed by atoms with Gasteiger partial charge in [-0.1, -0.05) is 18.2 Å². The zero-order chi connectivity index (χ0) is 18.1. The van der Waals surface area contributed by atoms with Crippen molar-refractivity contribution in [2.75, 3.05) is 6.54 Å². The van der Waals surface area contributed by atoms with Crippen molar-refractivity contribution in [2.45, 2.75) is 45.0 Å². The van der Waals surface area contributed by atoms with E-state index in [0.717, 1.165) is 11.0 Å². The fourth-order valence-corrected chi connectivity index (χ4v) is 2.46. The first-order valence-electron chi connectivity index (χ1n) is 7.49. The number of benzene rings is 1. The largest absolute Gasteiger partial charge is 0.444 e. The first-order chi connectivity index (χ1) is 11.0. The fraction of sp³-hybridized carbons (Fsp3) is 0.471. The van der Waals surface area contributed by atoms with Crippen LogP contribution in [0.5, 0.6) is 0 Å². The van der Waals surface area contributed by atoms with Gasteiger partial charge in [0.25, 0.3) is 0 Å². The predicted molar refractivity (Wildman–Crippen MR) is 80.8 cm³/mol. The predicted octanol–water partition coefficient (Wildman–Crippen LogP) is 5.00. The molecule has 0 radical (unpaired) electrons. The Labute approximate surface area is 137 Å². The van der Waals surface area contributed by atoms with Gasteiger partial charge in [0, 0.05) is 5.57 Å². The highest BCUT2D eigenvalue weighted by molar-refractivity contribution is 5.69. The summed E-state index contributed by atoms with van der Waals surface area (Å²) in [6.07, 6.45) is -4.27. The molecule has 1 aromatic rings. The first kappa shape index (κ1) is 18.3. The lowest BCUT2D eigenvalue weighted by Crippen LogP contribution is -2.43. The van der Waals surface area contributed by atoms with Gasteiger partial charge in [-0.15, -0.1) is 0 Å². The van der Waals surface area contributed by atoms with E-state index in [1.54, 1.807) is 20.8 Å². The molecule has 0 saturated heterocycles. The van der Waals surface area contributed by atoms with Gasteiger partial charge in [-0.25, -0.2) is 9.18 Å². The zero-order valence-corrected chi connectivity index (χ0v) is 13.7. The van der Waals surface area contributed by atoms with Crippen molar-refractivity contribution in [2.24, 2.45) is 0 Å². The van der Waals surface area contributed by atoms with Crippen LogP contribution in [0.15, 0.2) is 35.9 Å².